The number of hydrogen-bond acceptors (Lipinski definition) is 1. The van der Waals surface area contributed by atoms with Crippen molar-refractivity contribution < 1.29 is 4.39 Å². The Kier molecular flexibility index (Phi) is 0.804. The molecular formula is C4H8FN. The van der Waals surface area contributed by atoms with E-state index in [-0.39, 0.29) is 5.92 Å². The second-order valence-electron chi connectivity index (χ2n) is 1.75. The second kappa shape index (κ2) is 1.19. The van der Waals surface area contributed by atoms with Crippen molar-refractivity contribution in [3.05, 3.63) is 0 Å². The zero-order valence-electron chi connectivity index (χ0n) is 3.52. The minimum atomic E-state index is -0.560. The maximum atomic E-state index is 11.7. The van der Waals surface area contributed by atoms with Gasteiger partial charge in [0.1, 0.15) is 6.17 Å². The van der Waals surface area contributed by atoms with E-state index in [0.717, 1.165) is 0 Å². The van der Waals surface area contributed by atoms with Crippen molar-refractivity contribution in [1.82, 2.24) is 0 Å². The lowest BCUT2D eigenvalue weighted by Gasteiger charge is -1.77. The topological polar surface area (TPSA) is 26.0 Å². The van der Waals surface area contributed by atoms with E-state index in [2.05, 4.69) is 0 Å². The van der Waals surface area contributed by atoms with Crippen LogP contribution in [0.25, 0.3) is 0 Å². The SMILES string of the molecule is NC[C@H]1C[C@@H]1F. The molecule has 2 N–H and O–H groups in total. The Morgan fingerprint density at radius 1 is 1.83 bits per heavy atom. The van der Waals surface area contributed by atoms with Crippen LogP contribution in [0.3, 0.4) is 0 Å². The number of rotatable bonds is 1. The summed E-state index contributed by atoms with van der Waals surface area (Å²) in [7, 11) is 0. The van der Waals surface area contributed by atoms with Crippen LogP contribution in [0.4, 0.5) is 4.39 Å². The number of hydrogen-bond donors (Lipinski definition) is 1. The van der Waals surface area contributed by atoms with E-state index in [9.17, 15) is 4.39 Å². The van der Waals surface area contributed by atoms with Gasteiger partial charge in [0.15, 0.2) is 0 Å². The summed E-state index contributed by atoms with van der Waals surface area (Å²) in [6, 6.07) is 0. The average Bonchev–Trinajstić information content (AvgIpc) is 2.19. The zero-order valence-corrected chi connectivity index (χ0v) is 3.52. The van der Waals surface area contributed by atoms with Gasteiger partial charge in [-0.3, -0.25) is 0 Å². The fourth-order valence-corrected chi connectivity index (χ4v) is 0.455. The van der Waals surface area contributed by atoms with E-state index in [4.69, 9.17) is 5.73 Å². The molecule has 0 saturated heterocycles. The molecule has 0 unspecified atom stereocenters. The maximum absolute atomic E-state index is 11.7. The molecule has 1 aliphatic carbocycles. The third-order valence-corrected chi connectivity index (χ3v) is 1.14. The van der Waals surface area contributed by atoms with Crippen molar-refractivity contribution in [3.63, 3.8) is 0 Å². The quantitative estimate of drug-likeness (QED) is 0.491. The summed E-state index contributed by atoms with van der Waals surface area (Å²) in [5.41, 5.74) is 5.08. The summed E-state index contributed by atoms with van der Waals surface area (Å²) in [6.07, 6.45) is 0.145. The predicted octanol–water partition coefficient (Wildman–Crippen LogP) is 0.303. The van der Waals surface area contributed by atoms with Crippen LogP contribution in [0.2, 0.25) is 0 Å². The third kappa shape index (κ3) is 0.522. The van der Waals surface area contributed by atoms with Crippen molar-refractivity contribution in [3.8, 4) is 0 Å². The number of alkyl halides is 1. The Morgan fingerprint density at radius 3 is 2.33 bits per heavy atom. The predicted molar refractivity (Wildman–Crippen MR) is 22.1 cm³/mol. The van der Waals surface area contributed by atoms with E-state index < -0.39 is 6.17 Å². The van der Waals surface area contributed by atoms with Crippen LogP contribution in [-0.4, -0.2) is 12.7 Å². The summed E-state index contributed by atoms with van der Waals surface area (Å²) < 4.78 is 11.7. The fraction of sp³-hybridized carbons (Fsp3) is 1.00. The Morgan fingerprint density at radius 2 is 2.33 bits per heavy atom. The lowest BCUT2D eigenvalue weighted by molar-refractivity contribution is 0.448. The summed E-state index contributed by atoms with van der Waals surface area (Å²) in [4.78, 5) is 0. The van der Waals surface area contributed by atoms with Crippen molar-refractivity contribution in [2.24, 2.45) is 11.7 Å². The van der Waals surface area contributed by atoms with Crippen molar-refractivity contribution in [2.75, 3.05) is 6.54 Å². The molecular weight excluding hydrogens is 81.0 g/mol. The van der Waals surface area contributed by atoms with E-state index >= 15 is 0 Å². The second-order valence-corrected chi connectivity index (χ2v) is 1.75. The van der Waals surface area contributed by atoms with E-state index in [1.807, 2.05) is 0 Å². The summed E-state index contributed by atoms with van der Waals surface area (Å²) >= 11 is 0. The zero-order chi connectivity index (χ0) is 4.57. The fourth-order valence-electron chi connectivity index (χ4n) is 0.455. The van der Waals surface area contributed by atoms with Crippen molar-refractivity contribution in [1.29, 1.82) is 0 Å². The standard InChI is InChI=1S/C4H8FN/c5-4-1-3(4)2-6/h3-4H,1-2,6H2/t3-,4+/m1/s1. The molecule has 1 rings (SSSR count). The van der Waals surface area contributed by atoms with Gasteiger partial charge in [0.05, 0.1) is 0 Å². The lowest BCUT2D eigenvalue weighted by Crippen LogP contribution is -2.01. The van der Waals surface area contributed by atoms with Crippen LogP contribution < -0.4 is 5.73 Å². The Bertz CT molecular complexity index is 53.5. The summed E-state index contributed by atoms with van der Waals surface area (Å²) in [5.74, 6) is 0.213. The number of halogens is 1. The Hall–Kier alpha value is -0.110. The van der Waals surface area contributed by atoms with Gasteiger partial charge in [0.25, 0.3) is 0 Å². The maximum Gasteiger partial charge on any atom is 0.105 e. The molecule has 0 radical (unpaired) electrons. The van der Waals surface area contributed by atoms with Crippen LogP contribution in [0, 0.1) is 5.92 Å². The minimum absolute atomic E-state index is 0.213. The molecule has 2 atom stereocenters. The Balaban J connectivity index is 2.09. The van der Waals surface area contributed by atoms with Crippen LogP contribution >= 0.6 is 0 Å². The molecule has 1 aliphatic rings. The van der Waals surface area contributed by atoms with Crippen LogP contribution in [-0.2, 0) is 0 Å². The van der Waals surface area contributed by atoms with Crippen LogP contribution in [0.15, 0.2) is 0 Å². The molecule has 6 heavy (non-hydrogen) atoms. The molecule has 0 amide bonds. The van der Waals surface area contributed by atoms with Gasteiger partial charge in [-0.05, 0) is 13.0 Å². The molecule has 1 saturated carbocycles. The largest absolute Gasteiger partial charge is 0.330 e. The molecule has 36 valence electrons. The first-order valence-electron chi connectivity index (χ1n) is 2.18. The highest BCUT2D eigenvalue weighted by atomic mass is 19.1. The van der Waals surface area contributed by atoms with Crippen LogP contribution in [0.5, 0.6) is 0 Å². The first-order chi connectivity index (χ1) is 2.84. The number of nitrogens with two attached hydrogens (primary N) is 1. The van der Waals surface area contributed by atoms with Gasteiger partial charge in [0.2, 0.25) is 0 Å². The highest BCUT2D eigenvalue weighted by Crippen LogP contribution is 2.31. The van der Waals surface area contributed by atoms with Crippen molar-refractivity contribution in [2.45, 2.75) is 12.6 Å². The van der Waals surface area contributed by atoms with E-state index in [1.54, 1.807) is 0 Å². The first-order valence-corrected chi connectivity index (χ1v) is 2.18. The van der Waals surface area contributed by atoms with E-state index in [1.165, 1.54) is 0 Å². The molecule has 0 bridgehead atoms. The van der Waals surface area contributed by atoms with E-state index in [0.29, 0.717) is 13.0 Å². The first kappa shape index (κ1) is 4.06. The highest BCUT2D eigenvalue weighted by Gasteiger charge is 2.35. The normalized spacial score (nSPS) is 43.0. The average molecular weight is 89.1 g/mol. The Labute approximate surface area is 36.3 Å². The molecule has 0 aromatic carbocycles. The molecule has 0 aromatic heterocycles. The van der Waals surface area contributed by atoms with Gasteiger partial charge in [0, 0.05) is 5.92 Å². The van der Waals surface area contributed by atoms with Gasteiger partial charge < -0.3 is 5.73 Å². The molecule has 1 nitrogen and oxygen atoms in total. The lowest BCUT2D eigenvalue weighted by atomic mass is 10.4. The minimum Gasteiger partial charge on any atom is -0.330 e. The molecule has 0 aromatic rings. The van der Waals surface area contributed by atoms with Gasteiger partial charge in [-0.15, -0.1) is 0 Å². The molecule has 2 heteroatoms. The monoisotopic (exact) mass is 89.1 g/mol. The smallest absolute Gasteiger partial charge is 0.105 e. The molecule has 0 aliphatic heterocycles. The molecule has 0 heterocycles. The van der Waals surface area contributed by atoms with Gasteiger partial charge in [-0.2, -0.15) is 0 Å². The summed E-state index contributed by atoms with van der Waals surface area (Å²) in [6.45, 7) is 0.529. The molecule has 0 spiro atoms. The third-order valence-electron chi connectivity index (χ3n) is 1.14. The molecule has 1 fully saturated rings. The van der Waals surface area contributed by atoms with Gasteiger partial charge in [-0.1, -0.05) is 0 Å². The van der Waals surface area contributed by atoms with Crippen LogP contribution in [0.1, 0.15) is 6.42 Å². The highest BCUT2D eigenvalue weighted by molar-refractivity contribution is 4.86. The van der Waals surface area contributed by atoms with Gasteiger partial charge >= 0.3 is 0 Å². The summed E-state index contributed by atoms with van der Waals surface area (Å²) in [5, 5.41) is 0. The van der Waals surface area contributed by atoms with Gasteiger partial charge in [-0.25, -0.2) is 4.39 Å². The van der Waals surface area contributed by atoms with Crippen molar-refractivity contribution >= 4 is 0 Å².